The topological polar surface area (TPSA) is 38.3 Å². The first-order chi connectivity index (χ1) is 21.0. The zero-order valence-corrected chi connectivity index (χ0v) is 25.8. The van der Waals surface area contributed by atoms with Crippen LogP contribution < -0.4 is 5.32 Å². The van der Waals surface area contributed by atoms with Crippen LogP contribution in [-0.2, 0) is 21.7 Å². The van der Waals surface area contributed by atoms with E-state index in [0.717, 1.165) is 41.5 Å². The van der Waals surface area contributed by atoms with Crippen LogP contribution in [0.25, 0.3) is 0 Å². The Morgan fingerprint density at radius 2 is 1.26 bits per heavy atom. The molecule has 0 saturated heterocycles. The van der Waals surface area contributed by atoms with Gasteiger partial charge >= 0.3 is 0 Å². The van der Waals surface area contributed by atoms with E-state index < -0.39 is 11.6 Å². The van der Waals surface area contributed by atoms with Crippen molar-refractivity contribution >= 4 is 5.78 Å². The first-order valence-corrected chi connectivity index (χ1v) is 15.4. The van der Waals surface area contributed by atoms with E-state index in [-0.39, 0.29) is 12.4 Å². The van der Waals surface area contributed by atoms with Crippen molar-refractivity contribution in [2.24, 2.45) is 5.92 Å². The normalized spacial score (nSPS) is 13.0. The Morgan fingerprint density at radius 1 is 0.767 bits per heavy atom. The van der Waals surface area contributed by atoms with Crippen molar-refractivity contribution in [3.05, 3.63) is 167 Å². The molecule has 4 rings (SSSR count). The largest absolute Gasteiger partial charge is 0.375 e. The molecule has 3 nitrogen and oxygen atoms in total. The average molecular weight is 572 g/mol. The summed E-state index contributed by atoms with van der Waals surface area (Å²) in [4.78, 5) is 14.0. The molecule has 0 spiro atoms. The number of ether oxygens (including phenoxy) is 1. The fourth-order valence-electron chi connectivity index (χ4n) is 5.45. The number of rotatable bonds is 16. The second kappa shape index (κ2) is 16.6. The first kappa shape index (κ1) is 31.9. The summed E-state index contributed by atoms with van der Waals surface area (Å²) in [7, 11) is 0. The third kappa shape index (κ3) is 9.22. The Balaban J connectivity index is 1.67. The van der Waals surface area contributed by atoms with E-state index >= 15 is 0 Å². The molecule has 0 aliphatic carbocycles. The van der Waals surface area contributed by atoms with E-state index in [4.69, 9.17) is 4.74 Å². The molecule has 3 heteroatoms. The summed E-state index contributed by atoms with van der Waals surface area (Å²) in [5.74, 6) is 0.508. The van der Waals surface area contributed by atoms with E-state index in [1.54, 1.807) is 6.08 Å². The van der Waals surface area contributed by atoms with Gasteiger partial charge < -0.3 is 4.74 Å². The van der Waals surface area contributed by atoms with Gasteiger partial charge in [-0.25, -0.2) is 0 Å². The highest BCUT2D eigenvalue weighted by Gasteiger charge is 2.39. The molecule has 0 amide bonds. The van der Waals surface area contributed by atoms with Gasteiger partial charge in [-0.2, -0.15) is 0 Å². The Bertz CT molecular complexity index is 1330. The van der Waals surface area contributed by atoms with E-state index in [0.29, 0.717) is 12.5 Å². The zero-order chi connectivity index (χ0) is 30.3. The maximum Gasteiger partial charge on any atom is 0.174 e. The first-order valence-electron chi connectivity index (χ1n) is 15.4. The van der Waals surface area contributed by atoms with Crippen LogP contribution in [0.4, 0.5) is 0 Å². The van der Waals surface area contributed by atoms with Crippen molar-refractivity contribution < 1.29 is 9.53 Å². The second-order valence-electron chi connectivity index (χ2n) is 11.6. The lowest BCUT2D eigenvalue weighted by atomic mass is 9.76. The van der Waals surface area contributed by atoms with Crippen molar-refractivity contribution in [2.45, 2.75) is 58.2 Å². The van der Waals surface area contributed by atoms with Gasteiger partial charge in [-0.3, -0.25) is 10.1 Å². The van der Waals surface area contributed by atoms with Crippen molar-refractivity contribution in [1.29, 1.82) is 0 Å². The Labute approximate surface area is 258 Å². The molecule has 4 aromatic carbocycles. The van der Waals surface area contributed by atoms with Crippen LogP contribution in [0.2, 0.25) is 0 Å². The standard InChI is InChI=1S/C40H45NO2/c1-32(2)18-16-19-33(3)20-17-29-39(42)38(31-43-30-34-21-8-4-9-22-34)41-40(35-23-10-5-11-24-35,36-25-12-6-13-26-36)37-27-14-7-15-28-37/h4-15,17-18,21-29,33,38,41H,16,19-20,30-31H2,1-3H3/b29-17+/t33-,38+/m1/s1. The predicted molar refractivity (Wildman–Crippen MR) is 179 cm³/mol. The molecule has 43 heavy (non-hydrogen) atoms. The summed E-state index contributed by atoms with van der Waals surface area (Å²) in [5, 5.41) is 3.85. The Morgan fingerprint density at radius 3 is 1.74 bits per heavy atom. The number of carbonyl (C=O) groups excluding carboxylic acids is 1. The Hall–Kier alpha value is -4.05. The van der Waals surface area contributed by atoms with Gasteiger partial charge in [-0.15, -0.1) is 0 Å². The zero-order valence-electron chi connectivity index (χ0n) is 25.8. The average Bonchev–Trinajstić information content (AvgIpc) is 3.04. The fraction of sp³-hybridized carbons (Fsp3) is 0.275. The molecule has 0 heterocycles. The molecule has 0 aliphatic rings. The summed E-state index contributed by atoms with van der Waals surface area (Å²) in [6.07, 6.45) is 9.11. The SMILES string of the molecule is CC(C)=CCC[C@@H](C)C/C=C/C(=O)[C@H](COCc1ccccc1)NC(c1ccccc1)(c1ccccc1)c1ccccc1. The Kier molecular flexibility index (Phi) is 12.3. The lowest BCUT2D eigenvalue weighted by Gasteiger charge is -2.39. The van der Waals surface area contributed by atoms with Gasteiger partial charge in [-0.1, -0.05) is 146 Å². The molecule has 0 radical (unpaired) electrons. The highest BCUT2D eigenvalue weighted by Crippen LogP contribution is 2.37. The molecular formula is C40H45NO2. The van der Waals surface area contributed by atoms with Crippen LogP contribution in [0, 0.1) is 5.92 Å². The minimum atomic E-state index is -0.772. The molecule has 0 unspecified atom stereocenters. The van der Waals surface area contributed by atoms with Gasteiger partial charge in [0, 0.05) is 0 Å². The molecule has 0 aliphatic heterocycles. The monoisotopic (exact) mass is 571 g/mol. The third-order valence-corrected chi connectivity index (χ3v) is 7.78. The molecule has 0 aromatic heterocycles. The summed E-state index contributed by atoms with van der Waals surface area (Å²) < 4.78 is 6.24. The number of carbonyl (C=O) groups is 1. The number of hydrogen-bond acceptors (Lipinski definition) is 3. The second-order valence-corrected chi connectivity index (χ2v) is 11.6. The highest BCUT2D eigenvalue weighted by molar-refractivity contribution is 5.94. The quantitative estimate of drug-likeness (QED) is 0.0828. The van der Waals surface area contributed by atoms with Crippen molar-refractivity contribution in [3.63, 3.8) is 0 Å². The van der Waals surface area contributed by atoms with Crippen LogP contribution in [0.3, 0.4) is 0 Å². The smallest absolute Gasteiger partial charge is 0.174 e. The minimum absolute atomic E-state index is 0.0109. The summed E-state index contributed by atoms with van der Waals surface area (Å²) >= 11 is 0. The van der Waals surface area contributed by atoms with Crippen molar-refractivity contribution in [2.75, 3.05) is 6.61 Å². The van der Waals surface area contributed by atoms with Crippen LogP contribution in [-0.4, -0.2) is 18.4 Å². The molecule has 4 aromatic rings. The molecule has 0 saturated carbocycles. The predicted octanol–water partition coefficient (Wildman–Crippen LogP) is 9.05. The third-order valence-electron chi connectivity index (χ3n) is 7.78. The molecule has 2 atom stereocenters. The van der Waals surface area contributed by atoms with Gasteiger partial charge in [0.1, 0.15) is 0 Å². The maximum absolute atomic E-state index is 14.0. The van der Waals surface area contributed by atoms with Crippen molar-refractivity contribution in [3.8, 4) is 0 Å². The van der Waals surface area contributed by atoms with Crippen LogP contribution >= 0.6 is 0 Å². The summed E-state index contributed by atoms with van der Waals surface area (Å²) in [5.41, 5.74) is 4.84. The molecule has 0 bridgehead atoms. The molecule has 1 N–H and O–H groups in total. The minimum Gasteiger partial charge on any atom is -0.375 e. The number of hydrogen-bond donors (Lipinski definition) is 1. The lowest BCUT2D eigenvalue weighted by molar-refractivity contribution is -0.118. The van der Waals surface area contributed by atoms with Crippen LogP contribution in [0.15, 0.2) is 145 Å². The van der Waals surface area contributed by atoms with Crippen LogP contribution in [0.1, 0.15) is 62.3 Å². The van der Waals surface area contributed by atoms with Crippen molar-refractivity contribution in [1.82, 2.24) is 5.32 Å². The summed E-state index contributed by atoms with van der Waals surface area (Å²) in [6.45, 7) is 7.19. The van der Waals surface area contributed by atoms with Gasteiger partial charge in [0.15, 0.2) is 5.78 Å². The van der Waals surface area contributed by atoms with Gasteiger partial charge in [-0.05, 0) is 67.4 Å². The van der Waals surface area contributed by atoms with Gasteiger partial charge in [0.2, 0.25) is 0 Å². The maximum atomic E-state index is 14.0. The number of benzene rings is 4. The van der Waals surface area contributed by atoms with E-state index in [1.807, 2.05) is 54.6 Å². The highest BCUT2D eigenvalue weighted by atomic mass is 16.5. The van der Waals surface area contributed by atoms with E-state index in [2.05, 4.69) is 105 Å². The molecule has 0 fully saturated rings. The summed E-state index contributed by atoms with van der Waals surface area (Å²) in [6, 6.07) is 40.7. The fourth-order valence-corrected chi connectivity index (χ4v) is 5.45. The number of nitrogens with one attached hydrogen (secondary N) is 1. The number of ketones is 1. The lowest BCUT2D eigenvalue weighted by Crippen LogP contribution is -2.54. The van der Waals surface area contributed by atoms with Crippen LogP contribution in [0.5, 0.6) is 0 Å². The van der Waals surface area contributed by atoms with Gasteiger partial charge in [0.25, 0.3) is 0 Å². The van der Waals surface area contributed by atoms with E-state index in [1.165, 1.54) is 5.57 Å². The number of allylic oxidation sites excluding steroid dienone is 3. The van der Waals surface area contributed by atoms with E-state index in [9.17, 15) is 4.79 Å². The van der Waals surface area contributed by atoms with Gasteiger partial charge in [0.05, 0.1) is 24.8 Å². The molecule has 222 valence electrons. The molecular weight excluding hydrogens is 526 g/mol.